The molecule has 0 atom stereocenters. The lowest BCUT2D eigenvalue weighted by molar-refractivity contribution is 0.754. The Morgan fingerprint density at radius 2 is 0.900 bits per heavy atom. The van der Waals surface area contributed by atoms with Gasteiger partial charge < -0.3 is 0 Å². The van der Waals surface area contributed by atoms with Crippen LogP contribution in [-0.4, -0.2) is 0 Å². The summed E-state index contributed by atoms with van der Waals surface area (Å²) < 4.78 is 66.3. The average Bonchev–Trinajstić information content (AvgIpc) is 2.71. The monoisotopic (exact) mass is 262 g/mol. The SMILES string of the molecule is [2H]c1c([2H])c([2H])c2c(c1[2H])C1c3ccccc3C2c2c([2H])c([2H])c([2H])c([2H])c21. The molecule has 0 N–H and O–H groups in total. The lowest BCUT2D eigenvalue weighted by atomic mass is 9.61. The number of hydrogen-bond acceptors (Lipinski definition) is 0. The molecule has 3 aromatic rings. The summed E-state index contributed by atoms with van der Waals surface area (Å²) in [5.74, 6) is -1.29. The van der Waals surface area contributed by atoms with Gasteiger partial charge in [-0.15, -0.1) is 0 Å². The molecule has 0 fully saturated rings. The Hall–Kier alpha value is -2.34. The molecule has 0 saturated heterocycles. The van der Waals surface area contributed by atoms with Gasteiger partial charge in [0.2, 0.25) is 0 Å². The highest BCUT2D eigenvalue weighted by Gasteiger charge is 2.40. The van der Waals surface area contributed by atoms with Crippen LogP contribution in [0.1, 0.15) is 56.2 Å². The first-order valence-electron chi connectivity index (χ1n) is 10.6. The molecule has 20 heavy (non-hydrogen) atoms. The molecule has 0 heterocycles. The number of hydrogen-bond donors (Lipinski definition) is 0. The zero-order valence-corrected chi connectivity index (χ0v) is 10.5. The van der Waals surface area contributed by atoms with E-state index in [2.05, 4.69) is 0 Å². The molecule has 0 nitrogen and oxygen atoms in total. The van der Waals surface area contributed by atoms with Gasteiger partial charge in [0, 0.05) is 11.8 Å². The van der Waals surface area contributed by atoms with Crippen molar-refractivity contribution in [3.05, 3.63) is 106 Å². The van der Waals surface area contributed by atoms with E-state index in [4.69, 9.17) is 11.0 Å². The molecule has 0 unspecified atom stereocenters. The minimum atomic E-state index is -0.645. The van der Waals surface area contributed by atoms with Gasteiger partial charge in [0.15, 0.2) is 0 Å². The largest absolute Gasteiger partial charge is 0.0626 e. The first kappa shape index (κ1) is 5.57. The van der Waals surface area contributed by atoms with E-state index in [1.54, 1.807) is 0 Å². The highest BCUT2D eigenvalue weighted by molar-refractivity contribution is 5.67. The summed E-state index contributed by atoms with van der Waals surface area (Å²) in [5, 5.41) is 0. The van der Waals surface area contributed by atoms with Crippen molar-refractivity contribution in [1.82, 2.24) is 0 Å². The molecule has 2 bridgehead atoms. The maximum Gasteiger partial charge on any atom is 0.0626 e. The molecule has 3 aromatic carbocycles. The highest BCUT2D eigenvalue weighted by atomic mass is 14.4. The van der Waals surface area contributed by atoms with Crippen LogP contribution in [0, 0.1) is 0 Å². The summed E-state index contributed by atoms with van der Waals surface area (Å²) in [7, 11) is 0. The molecule has 6 rings (SSSR count). The van der Waals surface area contributed by atoms with Gasteiger partial charge in [-0.2, -0.15) is 0 Å². The number of rotatable bonds is 0. The lowest BCUT2D eigenvalue weighted by Crippen LogP contribution is -2.27. The summed E-state index contributed by atoms with van der Waals surface area (Å²) in [6.07, 6.45) is 0. The number of benzene rings is 3. The maximum atomic E-state index is 8.49. The Kier molecular flexibility index (Phi) is 1.00. The Balaban J connectivity index is 2.02. The second-order valence-electron chi connectivity index (χ2n) is 5.15. The van der Waals surface area contributed by atoms with Crippen molar-refractivity contribution in [2.75, 3.05) is 0 Å². The Morgan fingerprint density at radius 1 is 0.550 bits per heavy atom. The van der Waals surface area contributed by atoms with Gasteiger partial charge in [0.05, 0.1) is 11.0 Å². The van der Waals surface area contributed by atoms with Crippen LogP contribution in [-0.2, 0) is 0 Å². The molecule has 94 valence electrons. The smallest absolute Gasteiger partial charge is 0.0619 e. The fourth-order valence-electron chi connectivity index (χ4n) is 3.52. The van der Waals surface area contributed by atoms with Crippen LogP contribution >= 0.6 is 0 Å². The maximum absolute atomic E-state index is 8.49. The van der Waals surface area contributed by atoms with Gasteiger partial charge in [-0.25, -0.2) is 0 Å². The third-order valence-electron chi connectivity index (χ3n) is 4.27. The summed E-state index contributed by atoms with van der Waals surface area (Å²) in [4.78, 5) is 0. The first-order valence-corrected chi connectivity index (χ1v) is 6.56. The second kappa shape index (κ2) is 3.61. The topological polar surface area (TPSA) is 0 Å². The molecule has 3 aliphatic carbocycles. The summed E-state index contributed by atoms with van der Waals surface area (Å²) in [5.41, 5.74) is 3.36. The second-order valence-corrected chi connectivity index (χ2v) is 5.15. The van der Waals surface area contributed by atoms with E-state index in [0.29, 0.717) is 22.3 Å². The van der Waals surface area contributed by atoms with E-state index in [9.17, 15) is 0 Å². The van der Waals surface area contributed by atoms with Crippen LogP contribution in [0.25, 0.3) is 0 Å². The molecule has 0 radical (unpaired) electrons. The van der Waals surface area contributed by atoms with Crippen molar-refractivity contribution in [1.29, 1.82) is 0 Å². The molecule has 0 amide bonds. The Morgan fingerprint density at radius 3 is 1.25 bits per heavy atom. The third-order valence-corrected chi connectivity index (χ3v) is 4.27. The quantitative estimate of drug-likeness (QED) is 0.380. The summed E-state index contributed by atoms with van der Waals surface area (Å²) in [6, 6.07) is 5.59. The van der Waals surface area contributed by atoms with Crippen molar-refractivity contribution in [3.8, 4) is 0 Å². The van der Waals surface area contributed by atoms with Gasteiger partial charge in [-0.3, -0.25) is 0 Å². The van der Waals surface area contributed by atoms with Crippen LogP contribution in [0.15, 0.2) is 72.6 Å². The normalized spacial score (nSPS) is 26.6. The molecule has 0 heteroatoms. The molecule has 0 spiro atoms. The lowest BCUT2D eigenvalue weighted by Gasteiger charge is -2.42. The van der Waals surface area contributed by atoms with E-state index in [-0.39, 0.29) is 48.3 Å². The van der Waals surface area contributed by atoms with Gasteiger partial charge >= 0.3 is 0 Å². The molecule has 0 aromatic heterocycles. The van der Waals surface area contributed by atoms with Crippen LogP contribution in [0.4, 0.5) is 0 Å². The van der Waals surface area contributed by atoms with Gasteiger partial charge in [0.1, 0.15) is 0 Å². The predicted octanol–water partition coefficient (Wildman–Crippen LogP) is 4.67. The molecular formula is C20H14. The molecule has 0 saturated carbocycles. The first-order chi connectivity index (χ1) is 13.3. The van der Waals surface area contributed by atoms with E-state index in [1.165, 1.54) is 0 Å². The van der Waals surface area contributed by atoms with E-state index < -0.39 is 11.8 Å². The van der Waals surface area contributed by atoms with Crippen molar-refractivity contribution < 1.29 is 11.0 Å². The van der Waals surface area contributed by atoms with Crippen LogP contribution in [0.3, 0.4) is 0 Å². The van der Waals surface area contributed by atoms with Crippen molar-refractivity contribution in [2.45, 2.75) is 11.8 Å². The van der Waals surface area contributed by atoms with Crippen molar-refractivity contribution >= 4 is 0 Å². The highest BCUT2D eigenvalue weighted by Crippen LogP contribution is 2.55. The molecule has 3 aliphatic rings. The van der Waals surface area contributed by atoms with E-state index in [1.807, 2.05) is 24.3 Å². The zero-order valence-electron chi connectivity index (χ0n) is 18.5. The minimum absolute atomic E-state index is 0.140. The van der Waals surface area contributed by atoms with Crippen LogP contribution < -0.4 is 0 Å². The van der Waals surface area contributed by atoms with Gasteiger partial charge in [-0.05, 0) is 33.4 Å². The summed E-state index contributed by atoms with van der Waals surface area (Å²) in [6.45, 7) is 0. The Bertz CT molecular complexity index is 1050. The minimum Gasteiger partial charge on any atom is -0.0619 e. The molecular weight excluding hydrogens is 240 g/mol. The van der Waals surface area contributed by atoms with Crippen molar-refractivity contribution in [2.24, 2.45) is 0 Å². The standard InChI is InChI=1S/C20H14/c1-2-8-14-13(7-1)19-15-9-3-5-11-17(15)20(14)18-12-6-4-10-16(18)19/h1-12,19-20H/i1D,2D,3D,5D,7D,8D,9D,11D. The van der Waals surface area contributed by atoms with Gasteiger partial charge in [-0.1, -0.05) is 72.6 Å². The Labute approximate surface area is 130 Å². The fourth-order valence-corrected chi connectivity index (χ4v) is 3.52. The predicted molar refractivity (Wildman–Crippen MR) is 81.2 cm³/mol. The molecule has 0 aliphatic heterocycles. The van der Waals surface area contributed by atoms with Gasteiger partial charge in [0.25, 0.3) is 0 Å². The van der Waals surface area contributed by atoms with E-state index >= 15 is 0 Å². The zero-order chi connectivity index (χ0) is 20.1. The fraction of sp³-hybridized carbons (Fsp3) is 0.100. The van der Waals surface area contributed by atoms with E-state index in [0.717, 1.165) is 11.1 Å². The van der Waals surface area contributed by atoms with Crippen LogP contribution in [0.5, 0.6) is 0 Å². The third kappa shape index (κ3) is 1.13. The average molecular weight is 262 g/mol. The van der Waals surface area contributed by atoms with Crippen LogP contribution in [0.2, 0.25) is 0 Å². The summed E-state index contributed by atoms with van der Waals surface area (Å²) >= 11 is 0. The van der Waals surface area contributed by atoms with Crippen molar-refractivity contribution in [3.63, 3.8) is 0 Å².